The Morgan fingerprint density at radius 2 is 1.62 bits per heavy atom. The van der Waals surface area contributed by atoms with Crippen molar-refractivity contribution in [2.45, 2.75) is 112 Å². The number of ether oxygens (including phenoxy) is 1. The van der Waals surface area contributed by atoms with Crippen LogP contribution >= 0.6 is 0 Å². The van der Waals surface area contributed by atoms with Crippen LogP contribution in [-0.4, -0.2) is 104 Å². The van der Waals surface area contributed by atoms with Crippen LogP contribution in [0.1, 0.15) is 80.7 Å². The highest BCUT2D eigenvalue weighted by Gasteiger charge is 2.29. The Morgan fingerprint density at radius 1 is 1.04 bits per heavy atom. The van der Waals surface area contributed by atoms with Crippen LogP contribution in [0.4, 0.5) is 0 Å². The first-order valence-electron chi connectivity index (χ1n) is 18.4. The molecule has 0 radical (unpaired) electrons. The SMILES string of the molecule is CC(=O)NCCOC/C(C)=C/N(NC(C)C)C(C=O)C(C)(C)C.C[C@@H](CCc1ccc(-c2ccccc2)cc1)NC=O.C[C@@H]1C[C@@H](O)CN1C.NC=O. The molecule has 0 aliphatic carbocycles. The number of nitrogens with zero attached hydrogens (tertiary/aromatic N) is 2. The lowest BCUT2D eigenvalue weighted by molar-refractivity contribution is -0.119. The molecule has 1 fully saturated rings. The maximum Gasteiger partial charge on any atom is 0.216 e. The fourth-order valence-corrected chi connectivity index (χ4v) is 5.23. The zero-order valence-corrected chi connectivity index (χ0v) is 33.8. The molecule has 298 valence electrons. The maximum absolute atomic E-state index is 11.5. The van der Waals surface area contributed by atoms with E-state index in [9.17, 15) is 14.4 Å². The molecule has 1 aliphatic heterocycles. The van der Waals surface area contributed by atoms with Crippen molar-refractivity contribution in [3.63, 3.8) is 0 Å². The molecule has 2 aromatic rings. The van der Waals surface area contributed by atoms with Crippen LogP contribution in [0.5, 0.6) is 0 Å². The molecule has 4 atom stereocenters. The van der Waals surface area contributed by atoms with Crippen molar-refractivity contribution in [2.75, 3.05) is 33.4 Å². The zero-order chi connectivity index (χ0) is 40.4. The van der Waals surface area contributed by atoms with Crippen molar-refractivity contribution in [2.24, 2.45) is 11.1 Å². The van der Waals surface area contributed by atoms with Crippen LogP contribution in [0.3, 0.4) is 0 Å². The summed E-state index contributed by atoms with van der Waals surface area (Å²) in [6.45, 7) is 20.0. The molecule has 0 bridgehead atoms. The van der Waals surface area contributed by atoms with Crippen LogP contribution in [0.15, 0.2) is 66.4 Å². The fourth-order valence-electron chi connectivity index (χ4n) is 5.23. The van der Waals surface area contributed by atoms with Gasteiger partial charge in [0.15, 0.2) is 0 Å². The highest BCUT2D eigenvalue weighted by atomic mass is 16.5. The summed E-state index contributed by atoms with van der Waals surface area (Å²) in [6, 6.07) is 19.7. The number of likely N-dealkylation sites (tertiary alicyclic amines) is 1. The summed E-state index contributed by atoms with van der Waals surface area (Å²) < 4.78 is 5.52. The van der Waals surface area contributed by atoms with Gasteiger partial charge < -0.3 is 40.9 Å². The van der Waals surface area contributed by atoms with Gasteiger partial charge in [0.05, 0.1) is 19.3 Å². The predicted octanol–water partition coefficient (Wildman–Crippen LogP) is 4.47. The van der Waals surface area contributed by atoms with E-state index < -0.39 is 0 Å². The van der Waals surface area contributed by atoms with Crippen molar-refractivity contribution in [3.8, 4) is 11.1 Å². The third-order valence-corrected chi connectivity index (χ3v) is 8.18. The zero-order valence-electron chi connectivity index (χ0n) is 33.8. The molecule has 1 unspecified atom stereocenters. The van der Waals surface area contributed by atoms with Crippen molar-refractivity contribution in [3.05, 3.63) is 71.9 Å². The fraction of sp³-hybridized carbons (Fsp3) is 0.561. The molecule has 2 aromatic carbocycles. The predicted molar refractivity (Wildman–Crippen MR) is 215 cm³/mol. The molecule has 3 amide bonds. The number of carbonyl (C=O) groups is 4. The Balaban J connectivity index is 0.000000800. The summed E-state index contributed by atoms with van der Waals surface area (Å²) in [5.41, 5.74) is 12.1. The number of rotatable bonds is 16. The van der Waals surface area contributed by atoms with Gasteiger partial charge in [-0.15, -0.1) is 0 Å². The van der Waals surface area contributed by atoms with E-state index in [2.05, 4.69) is 82.1 Å². The van der Waals surface area contributed by atoms with Gasteiger partial charge in [0.25, 0.3) is 0 Å². The van der Waals surface area contributed by atoms with E-state index in [4.69, 9.17) is 14.6 Å². The van der Waals surface area contributed by atoms with Gasteiger partial charge in [-0.25, -0.2) is 5.43 Å². The number of β-amino-alcohol motifs (C(OH)–C–C–N with tert-alkyl or cyclic N) is 1. The van der Waals surface area contributed by atoms with Crippen LogP contribution < -0.4 is 21.8 Å². The number of aliphatic hydroxyl groups excluding tert-OH is 1. The lowest BCUT2D eigenvalue weighted by Gasteiger charge is -2.37. The number of nitrogens with two attached hydrogens (primary N) is 1. The number of hydrogen-bond donors (Lipinski definition) is 5. The van der Waals surface area contributed by atoms with Crippen LogP contribution in [0.2, 0.25) is 0 Å². The molecular formula is C41H68N6O6. The average molecular weight is 741 g/mol. The molecule has 1 heterocycles. The first kappa shape index (κ1) is 48.9. The van der Waals surface area contributed by atoms with Gasteiger partial charge in [-0.2, -0.15) is 0 Å². The first-order valence-corrected chi connectivity index (χ1v) is 18.4. The minimum absolute atomic E-state index is 0.0628. The normalized spacial score (nSPS) is 16.6. The number of carbonyl (C=O) groups excluding carboxylic acids is 4. The quantitative estimate of drug-likeness (QED) is 0.0949. The number of likely N-dealkylation sites (N-methyl/N-ethyl adjacent to an activating group) is 1. The highest BCUT2D eigenvalue weighted by Crippen LogP contribution is 2.23. The number of primary amides is 1. The second kappa shape index (κ2) is 27.5. The highest BCUT2D eigenvalue weighted by molar-refractivity contribution is 5.72. The van der Waals surface area contributed by atoms with Gasteiger partial charge >= 0.3 is 0 Å². The van der Waals surface area contributed by atoms with E-state index in [0.29, 0.717) is 25.8 Å². The van der Waals surface area contributed by atoms with E-state index in [-0.39, 0.29) is 42.0 Å². The lowest BCUT2D eigenvalue weighted by atomic mass is 9.87. The van der Waals surface area contributed by atoms with Gasteiger partial charge in [-0.05, 0) is 88.6 Å². The monoisotopic (exact) mass is 741 g/mol. The van der Waals surface area contributed by atoms with Crippen LogP contribution in [0.25, 0.3) is 11.1 Å². The topological polar surface area (TPSA) is 166 Å². The molecule has 53 heavy (non-hydrogen) atoms. The van der Waals surface area contributed by atoms with E-state index >= 15 is 0 Å². The van der Waals surface area contributed by atoms with Gasteiger partial charge in [-0.1, -0.05) is 75.4 Å². The van der Waals surface area contributed by atoms with Crippen molar-refractivity contribution < 1.29 is 29.0 Å². The van der Waals surface area contributed by atoms with E-state index in [1.165, 1.54) is 23.6 Å². The number of amides is 3. The Bertz CT molecular complexity index is 1310. The van der Waals surface area contributed by atoms with E-state index in [0.717, 1.165) is 44.1 Å². The Labute approximate surface area is 318 Å². The Hall–Kier alpha value is -4.10. The summed E-state index contributed by atoms with van der Waals surface area (Å²) in [5, 5.41) is 16.3. The maximum atomic E-state index is 11.5. The van der Waals surface area contributed by atoms with Gasteiger partial charge in [0, 0.05) is 44.3 Å². The summed E-state index contributed by atoms with van der Waals surface area (Å²) in [5.74, 6) is -0.0628. The second-order valence-corrected chi connectivity index (χ2v) is 14.8. The number of aldehydes is 1. The summed E-state index contributed by atoms with van der Waals surface area (Å²) in [6.07, 6.45) is 6.72. The third kappa shape index (κ3) is 23.2. The lowest BCUT2D eigenvalue weighted by Crippen LogP contribution is -2.51. The Kier molecular flexibility index (Phi) is 25.4. The number of hydrogen-bond acceptors (Lipinski definition) is 9. The molecule has 12 nitrogen and oxygen atoms in total. The first-order chi connectivity index (χ1) is 25.0. The van der Waals surface area contributed by atoms with E-state index in [1.807, 2.05) is 72.8 Å². The largest absolute Gasteiger partial charge is 0.392 e. The van der Waals surface area contributed by atoms with Crippen LogP contribution in [0, 0.1) is 5.41 Å². The second-order valence-electron chi connectivity index (χ2n) is 14.8. The van der Waals surface area contributed by atoms with Gasteiger partial charge in [0.1, 0.15) is 12.3 Å². The molecular weight excluding hydrogens is 672 g/mol. The van der Waals surface area contributed by atoms with Gasteiger partial charge in [0.2, 0.25) is 18.7 Å². The molecule has 1 aliphatic rings. The Morgan fingerprint density at radius 3 is 2.06 bits per heavy atom. The average Bonchev–Trinajstić information content (AvgIpc) is 3.38. The standard InChI is InChI=1S/C17H33N3O3.C17H19NO.C6H13NO.CH3NO/c1-13(2)19-20(16(11-21)17(5,6)7)10-14(3)12-23-9-8-18-15(4)22;1-14(18-13-19)7-8-15-9-11-17(12-10-15)16-5-3-2-4-6-16;1-5-3-6(8)4-7(5)2;2-1-3/h10-11,13,16,19H,8-9,12H2,1-7H3,(H,18,22);2-6,9-14H,7-8H2,1H3,(H,18,19);5-6,8H,3-4H2,1-2H3;1H,(H2,2,3)/b14-10+;;;/t;14-;5-,6-;/m.01./s1. The molecule has 3 rings (SSSR count). The molecule has 12 heteroatoms. The number of benzene rings is 2. The molecule has 6 N–H and O–H groups in total. The molecule has 0 spiro atoms. The van der Waals surface area contributed by atoms with Crippen molar-refractivity contribution in [1.82, 2.24) is 26.0 Å². The third-order valence-electron chi connectivity index (χ3n) is 8.18. The minimum atomic E-state index is -0.278. The van der Waals surface area contributed by atoms with Crippen molar-refractivity contribution in [1.29, 1.82) is 0 Å². The van der Waals surface area contributed by atoms with E-state index in [1.54, 1.807) is 0 Å². The number of aliphatic hydroxyl groups is 1. The summed E-state index contributed by atoms with van der Waals surface area (Å²) >= 11 is 0. The van der Waals surface area contributed by atoms with Gasteiger partial charge in [-0.3, -0.25) is 14.4 Å². The number of aryl methyl sites for hydroxylation is 1. The number of nitrogens with one attached hydrogen (secondary N) is 3. The molecule has 0 saturated carbocycles. The minimum Gasteiger partial charge on any atom is -0.392 e. The number of hydrazine groups is 1. The molecule has 1 saturated heterocycles. The van der Waals surface area contributed by atoms with Crippen molar-refractivity contribution >= 4 is 25.0 Å². The summed E-state index contributed by atoms with van der Waals surface area (Å²) in [4.78, 5) is 43.4. The van der Waals surface area contributed by atoms with Crippen LogP contribution in [-0.2, 0) is 30.3 Å². The smallest absolute Gasteiger partial charge is 0.216 e. The summed E-state index contributed by atoms with van der Waals surface area (Å²) in [7, 11) is 2.04. The molecule has 0 aromatic heterocycles.